The van der Waals surface area contributed by atoms with Crippen LogP contribution in [0.2, 0.25) is 0 Å². The summed E-state index contributed by atoms with van der Waals surface area (Å²) < 4.78 is 5.02. The summed E-state index contributed by atoms with van der Waals surface area (Å²) >= 11 is 0. The van der Waals surface area contributed by atoms with Gasteiger partial charge >= 0.3 is 0 Å². The minimum Gasteiger partial charge on any atom is -0.338 e. The number of aryl methyl sites for hydroxylation is 1. The van der Waals surface area contributed by atoms with Gasteiger partial charge in [0, 0.05) is 12.1 Å². The highest BCUT2D eigenvalue weighted by Gasteiger charge is 2.26. The van der Waals surface area contributed by atoms with Crippen LogP contribution in [0, 0.1) is 12.8 Å². The Morgan fingerprint density at radius 2 is 2.20 bits per heavy atom. The van der Waals surface area contributed by atoms with E-state index in [4.69, 9.17) is 10.3 Å². The molecule has 0 bridgehead atoms. The Labute approximate surface area is 90.4 Å². The molecule has 0 amide bonds. The molecular formula is C10H20N4O. The fourth-order valence-corrected chi connectivity index (χ4v) is 1.20. The maximum Gasteiger partial charge on any atom is 0.240 e. The summed E-state index contributed by atoms with van der Waals surface area (Å²) in [6.07, 6.45) is 0. The molecule has 86 valence electrons. The van der Waals surface area contributed by atoms with Crippen molar-refractivity contribution in [3.8, 4) is 0 Å². The van der Waals surface area contributed by atoms with Crippen molar-refractivity contribution < 1.29 is 4.52 Å². The van der Waals surface area contributed by atoms with Gasteiger partial charge in [0.1, 0.15) is 0 Å². The van der Waals surface area contributed by atoms with Gasteiger partial charge in [0.25, 0.3) is 0 Å². The molecule has 0 aromatic carbocycles. The maximum absolute atomic E-state index is 5.75. The van der Waals surface area contributed by atoms with Gasteiger partial charge in [0.15, 0.2) is 5.82 Å². The highest BCUT2D eigenvalue weighted by Crippen LogP contribution is 2.15. The third-order valence-electron chi connectivity index (χ3n) is 2.91. The Morgan fingerprint density at radius 1 is 1.53 bits per heavy atom. The molecule has 0 saturated carbocycles. The standard InChI is InChI=1S/C10H20N4O/c1-7(2)10(4,6-11)12-5-9-13-8(3)14-15-9/h7,12H,5-6,11H2,1-4H3. The van der Waals surface area contributed by atoms with Crippen molar-refractivity contribution >= 4 is 0 Å². The second-order valence-electron chi connectivity index (χ2n) is 4.37. The van der Waals surface area contributed by atoms with Crippen molar-refractivity contribution in [1.29, 1.82) is 0 Å². The molecule has 0 aliphatic heterocycles. The van der Waals surface area contributed by atoms with Crippen LogP contribution in [0.15, 0.2) is 4.52 Å². The lowest BCUT2D eigenvalue weighted by Gasteiger charge is -2.33. The van der Waals surface area contributed by atoms with Crippen molar-refractivity contribution in [3.63, 3.8) is 0 Å². The van der Waals surface area contributed by atoms with Crippen molar-refractivity contribution in [2.24, 2.45) is 11.7 Å². The van der Waals surface area contributed by atoms with Gasteiger partial charge in [-0.2, -0.15) is 4.98 Å². The third-order valence-corrected chi connectivity index (χ3v) is 2.91. The van der Waals surface area contributed by atoms with Crippen LogP contribution in [0.1, 0.15) is 32.5 Å². The summed E-state index contributed by atoms with van der Waals surface area (Å²) in [5, 5.41) is 7.08. The summed E-state index contributed by atoms with van der Waals surface area (Å²) in [4.78, 5) is 4.13. The van der Waals surface area contributed by atoms with Gasteiger partial charge in [-0.25, -0.2) is 0 Å². The van der Waals surface area contributed by atoms with E-state index >= 15 is 0 Å². The molecule has 0 saturated heterocycles. The van der Waals surface area contributed by atoms with Gasteiger partial charge in [-0.15, -0.1) is 0 Å². The fourth-order valence-electron chi connectivity index (χ4n) is 1.20. The van der Waals surface area contributed by atoms with E-state index in [0.717, 1.165) is 0 Å². The van der Waals surface area contributed by atoms with E-state index in [1.807, 2.05) is 0 Å². The van der Waals surface area contributed by atoms with Crippen LogP contribution in [-0.4, -0.2) is 22.2 Å². The van der Waals surface area contributed by atoms with E-state index in [-0.39, 0.29) is 5.54 Å². The number of nitrogens with one attached hydrogen (secondary N) is 1. The van der Waals surface area contributed by atoms with Gasteiger partial charge < -0.3 is 15.6 Å². The van der Waals surface area contributed by atoms with Gasteiger partial charge in [-0.05, 0) is 19.8 Å². The molecule has 0 fully saturated rings. The molecule has 1 atom stereocenters. The summed E-state index contributed by atoms with van der Waals surface area (Å²) in [5.41, 5.74) is 5.65. The van der Waals surface area contributed by atoms with Gasteiger partial charge in [-0.1, -0.05) is 19.0 Å². The average molecular weight is 212 g/mol. The van der Waals surface area contributed by atoms with Gasteiger partial charge in [0.2, 0.25) is 5.89 Å². The van der Waals surface area contributed by atoms with Gasteiger partial charge in [0.05, 0.1) is 6.54 Å². The predicted octanol–water partition coefficient (Wildman–Crippen LogP) is 0.841. The molecule has 5 nitrogen and oxygen atoms in total. The lowest BCUT2D eigenvalue weighted by atomic mass is 9.88. The molecule has 1 rings (SSSR count). The minimum atomic E-state index is -0.0949. The Bertz CT molecular complexity index is 310. The first-order chi connectivity index (χ1) is 6.98. The smallest absolute Gasteiger partial charge is 0.240 e. The second kappa shape index (κ2) is 4.72. The SMILES string of the molecule is Cc1noc(CNC(C)(CN)C(C)C)n1. The van der Waals surface area contributed by atoms with Crippen LogP contribution in [0.3, 0.4) is 0 Å². The lowest BCUT2D eigenvalue weighted by molar-refractivity contribution is 0.249. The maximum atomic E-state index is 5.75. The van der Waals surface area contributed by atoms with Crippen LogP contribution in [0.5, 0.6) is 0 Å². The number of nitrogens with zero attached hydrogens (tertiary/aromatic N) is 2. The molecule has 3 N–H and O–H groups in total. The number of hydrogen-bond donors (Lipinski definition) is 2. The Hall–Kier alpha value is -0.940. The quantitative estimate of drug-likeness (QED) is 0.756. The van der Waals surface area contributed by atoms with E-state index < -0.39 is 0 Å². The van der Waals surface area contributed by atoms with Crippen molar-refractivity contribution in [2.75, 3.05) is 6.54 Å². The number of nitrogens with two attached hydrogens (primary N) is 1. The molecular weight excluding hydrogens is 192 g/mol. The molecule has 1 unspecified atom stereocenters. The van der Waals surface area contributed by atoms with E-state index in [9.17, 15) is 0 Å². The molecule has 5 heteroatoms. The average Bonchev–Trinajstić information content (AvgIpc) is 2.60. The summed E-state index contributed by atoms with van der Waals surface area (Å²) in [7, 11) is 0. The molecule has 15 heavy (non-hydrogen) atoms. The van der Waals surface area contributed by atoms with Crippen molar-refractivity contribution in [1.82, 2.24) is 15.5 Å². The molecule has 1 aromatic rings. The van der Waals surface area contributed by atoms with E-state index in [0.29, 0.717) is 30.7 Å². The molecule has 0 radical (unpaired) electrons. The molecule has 0 aliphatic rings. The van der Waals surface area contributed by atoms with Crippen LogP contribution in [0.25, 0.3) is 0 Å². The molecule has 0 aliphatic carbocycles. The summed E-state index contributed by atoms with van der Waals surface area (Å²) in [6, 6.07) is 0. The summed E-state index contributed by atoms with van der Waals surface area (Å²) in [5.74, 6) is 1.71. The van der Waals surface area contributed by atoms with E-state index in [1.54, 1.807) is 6.92 Å². The highest BCUT2D eigenvalue weighted by molar-refractivity contribution is 4.90. The fraction of sp³-hybridized carbons (Fsp3) is 0.800. The largest absolute Gasteiger partial charge is 0.338 e. The number of hydrogen-bond acceptors (Lipinski definition) is 5. The highest BCUT2D eigenvalue weighted by atomic mass is 16.5. The Balaban J connectivity index is 2.55. The molecule has 1 heterocycles. The normalized spacial score (nSPS) is 15.6. The number of aromatic nitrogens is 2. The number of rotatable bonds is 5. The second-order valence-corrected chi connectivity index (χ2v) is 4.37. The lowest BCUT2D eigenvalue weighted by Crippen LogP contribution is -2.52. The van der Waals surface area contributed by atoms with Crippen molar-refractivity contribution in [3.05, 3.63) is 11.7 Å². The Kier molecular flexibility index (Phi) is 3.82. The monoisotopic (exact) mass is 212 g/mol. The van der Waals surface area contributed by atoms with Crippen LogP contribution in [-0.2, 0) is 6.54 Å². The van der Waals surface area contributed by atoms with E-state index in [1.165, 1.54) is 0 Å². The zero-order valence-corrected chi connectivity index (χ0v) is 9.87. The first-order valence-corrected chi connectivity index (χ1v) is 5.22. The predicted molar refractivity (Wildman–Crippen MR) is 58.2 cm³/mol. The Morgan fingerprint density at radius 3 is 2.60 bits per heavy atom. The first-order valence-electron chi connectivity index (χ1n) is 5.22. The van der Waals surface area contributed by atoms with Gasteiger partial charge in [-0.3, -0.25) is 0 Å². The van der Waals surface area contributed by atoms with E-state index in [2.05, 4.69) is 36.2 Å². The zero-order valence-electron chi connectivity index (χ0n) is 9.87. The first kappa shape index (κ1) is 12.1. The zero-order chi connectivity index (χ0) is 11.5. The van der Waals surface area contributed by atoms with Crippen LogP contribution in [0.4, 0.5) is 0 Å². The van der Waals surface area contributed by atoms with Crippen LogP contribution >= 0.6 is 0 Å². The summed E-state index contributed by atoms with van der Waals surface area (Å²) in [6.45, 7) is 9.32. The third kappa shape index (κ3) is 3.00. The van der Waals surface area contributed by atoms with Crippen molar-refractivity contribution in [2.45, 2.75) is 39.8 Å². The molecule has 0 spiro atoms. The minimum absolute atomic E-state index is 0.0949. The topological polar surface area (TPSA) is 77.0 Å². The van der Waals surface area contributed by atoms with Crippen LogP contribution < -0.4 is 11.1 Å². The molecule has 1 aromatic heterocycles.